The summed E-state index contributed by atoms with van der Waals surface area (Å²) in [5, 5.41) is 9.17. The van der Waals surface area contributed by atoms with Crippen LogP contribution < -0.4 is 4.90 Å². The highest BCUT2D eigenvalue weighted by Crippen LogP contribution is 2.25. The van der Waals surface area contributed by atoms with E-state index in [9.17, 15) is 5.11 Å². The molecular formula is C17H29N3O. The Kier molecular flexibility index (Phi) is 6.00. The molecule has 21 heavy (non-hydrogen) atoms. The third kappa shape index (κ3) is 4.17. The zero-order chi connectivity index (χ0) is 15.2. The number of aliphatic hydroxyl groups is 1. The lowest BCUT2D eigenvalue weighted by atomic mass is 9.96. The van der Waals surface area contributed by atoms with E-state index in [1.807, 2.05) is 6.07 Å². The highest BCUT2D eigenvalue weighted by molar-refractivity contribution is 5.47. The number of aryl methyl sites for hydroxylation is 1. The molecule has 0 amide bonds. The van der Waals surface area contributed by atoms with Crippen LogP contribution in [0.1, 0.15) is 37.8 Å². The average molecular weight is 291 g/mol. The number of rotatable bonds is 6. The van der Waals surface area contributed by atoms with Crippen LogP contribution in [0.4, 0.5) is 5.82 Å². The van der Waals surface area contributed by atoms with Crippen LogP contribution in [0.15, 0.2) is 12.3 Å². The third-order valence-electron chi connectivity index (χ3n) is 4.61. The van der Waals surface area contributed by atoms with Crippen molar-refractivity contribution in [2.45, 2.75) is 40.2 Å². The Morgan fingerprint density at radius 3 is 2.48 bits per heavy atom. The molecule has 1 aromatic rings. The van der Waals surface area contributed by atoms with E-state index in [2.05, 4.69) is 35.6 Å². The Balaban J connectivity index is 1.92. The van der Waals surface area contributed by atoms with Crippen molar-refractivity contribution in [1.29, 1.82) is 0 Å². The van der Waals surface area contributed by atoms with Gasteiger partial charge in [0.15, 0.2) is 0 Å². The van der Waals surface area contributed by atoms with E-state index in [-0.39, 0.29) is 6.61 Å². The van der Waals surface area contributed by atoms with E-state index < -0.39 is 0 Å². The highest BCUT2D eigenvalue weighted by Gasteiger charge is 2.22. The molecule has 0 radical (unpaired) electrons. The fourth-order valence-electron chi connectivity index (χ4n) is 3.22. The van der Waals surface area contributed by atoms with Crippen molar-refractivity contribution in [2.24, 2.45) is 5.92 Å². The second-order valence-corrected chi connectivity index (χ2v) is 6.06. The molecular weight excluding hydrogens is 262 g/mol. The summed E-state index contributed by atoms with van der Waals surface area (Å²) in [6.07, 6.45) is 4.29. The van der Waals surface area contributed by atoms with E-state index in [0.29, 0.717) is 0 Å². The lowest BCUT2D eigenvalue weighted by Crippen LogP contribution is -2.39. The Bertz CT molecular complexity index is 438. The number of hydrogen-bond acceptors (Lipinski definition) is 4. The maximum absolute atomic E-state index is 9.17. The zero-order valence-corrected chi connectivity index (χ0v) is 13.7. The Labute approximate surface area is 128 Å². The largest absolute Gasteiger partial charge is 0.392 e. The quantitative estimate of drug-likeness (QED) is 0.874. The Morgan fingerprint density at radius 1 is 1.29 bits per heavy atom. The molecule has 0 aliphatic carbocycles. The molecule has 1 aromatic heterocycles. The lowest BCUT2D eigenvalue weighted by Gasteiger charge is -2.35. The minimum Gasteiger partial charge on any atom is -0.392 e. The fourth-order valence-corrected chi connectivity index (χ4v) is 3.22. The predicted molar refractivity (Wildman–Crippen MR) is 87.6 cm³/mol. The van der Waals surface area contributed by atoms with Crippen molar-refractivity contribution < 1.29 is 5.11 Å². The normalized spacial score (nSPS) is 16.7. The molecule has 0 atom stereocenters. The summed E-state index contributed by atoms with van der Waals surface area (Å²) in [4.78, 5) is 9.47. The van der Waals surface area contributed by atoms with Gasteiger partial charge in [-0.3, -0.25) is 0 Å². The average Bonchev–Trinajstić information content (AvgIpc) is 2.53. The van der Waals surface area contributed by atoms with Crippen molar-refractivity contribution in [2.75, 3.05) is 37.6 Å². The molecule has 2 rings (SSSR count). The molecule has 0 unspecified atom stereocenters. The summed E-state index contributed by atoms with van der Waals surface area (Å²) < 4.78 is 0. The topological polar surface area (TPSA) is 39.6 Å². The number of pyridine rings is 1. The fraction of sp³-hybridized carbons (Fsp3) is 0.706. The Morgan fingerprint density at radius 2 is 1.95 bits per heavy atom. The molecule has 1 saturated heterocycles. The molecule has 1 fully saturated rings. The number of aromatic nitrogens is 1. The van der Waals surface area contributed by atoms with Crippen molar-refractivity contribution in [3.8, 4) is 0 Å². The van der Waals surface area contributed by atoms with Gasteiger partial charge in [0.2, 0.25) is 0 Å². The van der Waals surface area contributed by atoms with Gasteiger partial charge in [0, 0.05) is 25.8 Å². The van der Waals surface area contributed by atoms with E-state index in [4.69, 9.17) is 0 Å². The van der Waals surface area contributed by atoms with Crippen LogP contribution in [0, 0.1) is 12.8 Å². The Hall–Kier alpha value is -1.13. The van der Waals surface area contributed by atoms with Gasteiger partial charge >= 0.3 is 0 Å². The number of aliphatic hydroxyl groups excluding tert-OH is 1. The van der Waals surface area contributed by atoms with Crippen molar-refractivity contribution in [1.82, 2.24) is 9.88 Å². The van der Waals surface area contributed by atoms with Crippen molar-refractivity contribution >= 4 is 5.82 Å². The molecule has 118 valence electrons. The van der Waals surface area contributed by atoms with Crippen LogP contribution in [0.25, 0.3) is 0 Å². The van der Waals surface area contributed by atoms with Gasteiger partial charge in [-0.2, -0.15) is 0 Å². The lowest BCUT2D eigenvalue weighted by molar-refractivity contribution is 0.229. The molecule has 1 aliphatic heterocycles. The summed E-state index contributed by atoms with van der Waals surface area (Å²) >= 11 is 0. The van der Waals surface area contributed by atoms with Gasteiger partial charge in [-0.1, -0.05) is 13.8 Å². The summed E-state index contributed by atoms with van der Waals surface area (Å²) in [5.74, 6) is 1.91. The van der Waals surface area contributed by atoms with Crippen LogP contribution in [0.3, 0.4) is 0 Å². The molecule has 1 aliphatic rings. The maximum atomic E-state index is 9.17. The van der Waals surface area contributed by atoms with Crippen LogP contribution in [-0.4, -0.2) is 47.7 Å². The van der Waals surface area contributed by atoms with Crippen LogP contribution in [0.5, 0.6) is 0 Å². The van der Waals surface area contributed by atoms with E-state index in [0.717, 1.165) is 43.5 Å². The molecule has 0 spiro atoms. The maximum Gasteiger partial charge on any atom is 0.131 e. The molecule has 4 heteroatoms. The van der Waals surface area contributed by atoms with Gasteiger partial charge in [-0.15, -0.1) is 0 Å². The second-order valence-electron chi connectivity index (χ2n) is 6.06. The van der Waals surface area contributed by atoms with Gasteiger partial charge in [0.1, 0.15) is 5.82 Å². The van der Waals surface area contributed by atoms with Gasteiger partial charge < -0.3 is 14.9 Å². The smallest absolute Gasteiger partial charge is 0.131 e. The molecule has 0 bridgehead atoms. The molecule has 1 N–H and O–H groups in total. The minimum absolute atomic E-state index is 0.0695. The molecule has 0 saturated carbocycles. The van der Waals surface area contributed by atoms with Crippen LogP contribution in [-0.2, 0) is 6.61 Å². The minimum atomic E-state index is 0.0695. The summed E-state index contributed by atoms with van der Waals surface area (Å²) in [7, 11) is 0. The summed E-state index contributed by atoms with van der Waals surface area (Å²) in [6.45, 7) is 12.4. The number of anilines is 1. The first-order valence-corrected chi connectivity index (χ1v) is 8.21. The zero-order valence-electron chi connectivity index (χ0n) is 13.7. The van der Waals surface area contributed by atoms with Crippen LogP contribution in [0.2, 0.25) is 0 Å². The van der Waals surface area contributed by atoms with Crippen molar-refractivity contribution in [3.63, 3.8) is 0 Å². The van der Waals surface area contributed by atoms with Crippen molar-refractivity contribution in [3.05, 3.63) is 23.4 Å². The van der Waals surface area contributed by atoms with Crippen LogP contribution >= 0.6 is 0 Å². The second kappa shape index (κ2) is 7.76. The molecule has 4 nitrogen and oxygen atoms in total. The van der Waals surface area contributed by atoms with E-state index >= 15 is 0 Å². The first-order chi connectivity index (χ1) is 10.2. The SMILES string of the molecule is CCN(CC)CC1CCN(c2ncc(CO)cc2C)CC1. The van der Waals surface area contributed by atoms with E-state index in [1.54, 1.807) is 6.20 Å². The van der Waals surface area contributed by atoms with Gasteiger partial charge in [-0.25, -0.2) is 4.98 Å². The van der Waals surface area contributed by atoms with E-state index in [1.165, 1.54) is 24.9 Å². The highest BCUT2D eigenvalue weighted by atomic mass is 16.3. The number of piperidine rings is 1. The molecule has 2 heterocycles. The van der Waals surface area contributed by atoms with Gasteiger partial charge in [0.25, 0.3) is 0 Å². The first kappa shape index (κ1) is 16.2. The predicted octanol–water partition coefficient (Wildman–Crippen LogP) is 2.44. The monoisotopic (exact) mass is 291 g/mol. The summed E-state index contributed by atoms with van der Waals surface area (Å²) in [5.41, 5.74) is 2.07. The summed E-state index contributed by atoms with van der Waals surface area (Å²) in [6, 6.07) is 2.05. The first-order valence-electron chi connectivity index (χ1n) is 8.21. The number of hydrogen-bond donors (Lipinski definition) is 1. The molecule has 0 aromatic carbocycles. The number of nitrogens with zero attached hydrogens (tertiary/aromatic N) is 3. The van der Waals surface area contributed by atoms with Gasteiger partial charge in [0.05, 0.1) is 6.61 Å². The standard InChI is InChI=1S/C17H29N3O/c1-4-19(5-2)12-15-6-8-20(9-7-15)17-14(3)10-16(13-21)11-18-17/h10-11,15,21H,4-9,12-13H2,1-3H3. The third-order valence-corrected chi connectivity index (χ3v) is 4.61. The van der Waals surface area contributed by atoms with Gasteiger partial charge in [-0.05, 0) is 56.0 Å².